The molecule has 2 nitrogen and oxygen atoms in total. The lowest BCUT2D eigenvalue weighted by molar-refractivity contribution is 0.351. The van der Waals surface area contributed by atoms with Gasteiger partial charge < -0.3 is 5.73 Å². The minimum Gasteiger partial charge on any atom is -0.327 e. The summed E-state index contributed by atoms with van der Waals surface area (Å²) in [5, 5.41) is 0.498. The summed E-state index contributed by atoms with van der Waals surface area (Å²) in [5.41, 5.74) is 6.09. The Morgan fingerprint density at radius 2 is 1.87 bits per heavy atom. The van der Waals surface area contributed by atoms with Gasteiger partial charge in [0.05, 0.1) is 5.25 Å². The van der Waals surface area contributed by atoms with Gasteiger partial charge in [-0.15, -0.1) is 0 Å². The van der Waals surface area contributed by atoms with Crippen molar-refractivity contribution in [3.63, 3.8) is 0 Å². The van der Waals surface area contributed by atoms with Crippen LogP contribution in [0.4, 0.5) is 0 Å². The topological polar surface area (TPSA) is 43.1 Å². The second-order valence-corrected chi connectivity index (χ2v) is 7.40. The molecule has 0 bridgehead atoms. The standard InChI is InChI=1S/C12H25NOS/c1-8(2)10(4)15(14)12-7-9(3)5-6-11(12)13/h8-12H,5-7,13H2,1-4H3. The monoisotopic (exact) mass is 231 g/mol. The predicted octanol–water partition coefficient (Wildman–Crippen LogP) is 2.30. The van der Waals surface area contributed by atoms with Gasteiger partial charge in [-0.25, -0.2) is 0 Å². The Labute approximate surface area is 96.5 Å². The van der Waals surface area contributed by atoms with Gasteiger partial charge in [-0.05, 0) is 31.1 Å². The molecule has 0 radical (unpaired) electrons. The Morgan fingerprint density at radius 1 is 1.27 bits per heavy atom. The van der Waals surface area contributed by atoms with Crippen LogP contribution < -0.4 is 5.73 Å². The highest BCUT2D eigenvalue weighted by atomic mass is 32.2. The van der Waals surface area contributed by atoms with E-state index in [0.29, 0.717) is 11.8 Å². The fourth-order valence-corrected chi connectivity index (χ4v) is 4.25. The minimum atomic E-state index is -0.757. The Bertz CT molecular complexity index is 230. The molecular formula is C12H25NOS. The molecule has 0 saturated heterocycles. The highest BCUT2D eigenvalue weighted by Crippen LogP contribution is 2.29. The molecule has 0 aromatic heterocycles. The Kier molecular flexibility index (Phi) is 4.78. The number of nitrogens with two attached hydrogens (primary N) is 1. The first kappa shape index (κ1) is 13.2. The van der Waals surface area contributed by atoms with E-state index >= 15 is 0 Å². The molecule has 0 aromatic rings. The van der Waals surface area contributed by atoms with Gasteiger partial charge in [0.1, 0.15) is 0 Å². The Hall–Kier alpha value is 0.110. The lowest BCUT2D eigenvalue weighted by Crippen LogP contribution is -2.45. The molecule has 2 N–H and O–H groups in total. The van der Waals surface area contributed by atoms with E-state index in [0.717, 1.165) is 12.8 Å². The van der Waals surface area contributed by atoms with Crippen molar-refractivity contribution in [3.05, 3.63) is 0 Å². The van der Waals surface area contributed by atoms with Gasteiger partial charge in [-0.1, -0.05) is 27.7 Å². The van der Waals surface area contributed by atoms with Crippen molar-refractivity contribution in [3.8, 4) is 0 Å². The third kappa shape index (κ3) is 3.28. The summed E-state index contributed by atoms with van der Waals surface area (Å²) in [5.74, 6) is 1.17. The molecule has 5 atom stereocenters. The largest absolute Gasteiger partial charge is 0.327 e. The summed E-state index contributed by atoms with van der Waals surface area (Å²) < 4.78 is 12.3. The summed E-state index contributed by atoms with van der Waals surface area (Å²) in [6.07, 6.45) is 3.29. The first-order chi connectivity index (χ1) is 6.93. The molecule has 1 aliphatic rings. The summed E-state index contributed by atoms with van der Waals surface area (Å²) >= 11 is 0. The molecule has 90 valence electrons. The second kappa shape index (κ2) is 5.44. The molecule has 15 heavy (non-hydrogen) atoms. The van der Waals surface area contributed by atoms with E-state index in [1.165, 1.54) is 6.42 Å². The molecule has 1 aliphatic carbocycles. The average Bonchev–Trinajstić information content (AvgIpc) is 2.19. The van der Waals surface area contributed by atoms with Crippen molar-refractivity contribution in [1.82, 2.24) is 0 Å². The van der Waals surface area contributed by atoms with E-state index in [9.17, 15) is 4.21 Å². The maximum atomic E-state index is 12.3. The summed E-state index contributed by atoms with van der Waals surface area (Å²) in [7, 11) is -0.757. The van der Waals surface area contributed by atoms with Crippen LogP contribution in [0.5, 0.6) is 0 Å². The van der Waals surface area contributed by atoms with Crippen molar-refractivity contribution in [2.24, 2.45) is 17.6 Å². The number of hydrogen-bond donors (Lipinski definition) is 1. The molecule has 0 spiro atoms. The van der Waals surface area contributed by atoms with Gasteiger partial charge in [-0.3, -0.25) is 4.21 Å². The lowest BCUT2D eigenvalue weighted by atomic mass is 9.87. The van der Waals surface area contributed by atoms with Crippen LogP contribution in [0.1, 0.15) is 47.0 Å². The molecule has 1 rings (SSSR count). The van der Waals surface area contributed by atoms with Gasteiger partial charge in [0.25, 0.3) is 0 Å². The predicted molar refractivity (Wildman–Crippen MR) is 67.2 cm³/mol. The molecule has 1 saturated carbocycles. The molecule has 0 aliphatic heterocycles. The number of hydrogen-bond acceptors (Lipinski definition) is 2. The van der Waals surface area contributed by atoms with Crippen LogP contribution in [-0.4, -0.2) is 20.8 Å². The maximum absolute atomic E-state index is 12.3. The third-order valence-electron chi connectivity index (χ3n) is 3.71. The van der Waals surface area contributed by atoms with Gasteiger partial charge in [0.2, 0.25) is 0 Å². The van der Waals surface area contributed by atoms with Crippen LogP contribution in [-0.2, 0) is 10.8 Å². The van der Waals surface area contributed by atoms with E-state index in [4.69, 9.17) is 5.73 Å². The molecule has 3 heteroatoms. The fourth-order valence-electron chi connectivity index (χ4n) is 2.16. The minimum absolute atomic E-state index is 0.156. The van der Waals surface area contributed by atoms with Gasteiger partial charge >= 0.3 is 0 Å². The van der Waals surface area contributed by atoms with Crippen molar-refractivity contribution >= 4 is 10.8 Å². The highest BCUT2D eigenvalue weighted by Gasteiger charge is 2.33. The smallest absolute Gasteiger partial charge is 0.0504 e. The maximum Gasteiger partial charge on any atom is 0.0504 e. The van der Waals surface area contributed by atoms with E-state index in [-0.39, 0.29) is 16.5 Å². The van der Waals surface area contributed by atoms with Crippen molar-refractivity contribution < 1.29 is 4.21 Å². The van der Waals surface area contributed by atoms with E-state index in [1.807, 2.05) is 0 Å². The summed E-state index contributed by atoms with van der Waals surface area (Å²) in [6, 6.07) is 0.156. The fraction of sp³-hybridized carbons (Fsp3) is 1.00. The molecule has 0 aromatic carbocycles. The van der Waals surface area contributed by atoms with Gasteiger partial charge in [-0.2, -0.15) is 0 Å². The van der Waals surface area contributed by atoms with Crippen LogP contribution in [0, 0.1) is 11.8 Å². The van der Waals surface area contributed by atoms with E-state index in [1.54, 1.807) is 0 Å². The van der Waals surface area contributed by atoms with Crippen LogP contribution >= 0.6 is 0 Å². The lowest BCUT2D eigenvalue weighted by Gasteiger charge is -2.34. The van der Waals surface area contributed by atoms with Crippen LogP contribution in [0.15, 0.2) is 0 Å². The summed E-state index contributed by atoms with van der Waals surface area (Å²) in [4.78, 5) is 0. The quantitative estimate of drug-likeness (QED) is 0.810. The Morgan fingerprint density at radius 3 is 2.40 bits per heavy atom. The zero-order valence-corrected chi connectivity index (χ0v) is 11.2. The first-order valence-corrected chi connectivity index (χ1v) is 7.36. The van der Waals surface area contributed by atoms with E-state index in [2.05, 4.69) is 27.7 Å². The van der Waals surface area contributed by atoms with E-state index < -0.39 is 10.8 Å². The van der Waals surface area contributed by atoms with Crippen molar-refractivity contribution in [1.29, 1.82) is 0 Å². The average molecular weight is 231 g/mol. The van der Waals surface area contributed by atoms with Crippen molar-refractivity contribution in [2.45, 2.75) is 63.5 Å². The highest BCUT2D eigenvalue weighted by molar-refractivity contribution is 7.86. The third-order valence-corrected chi connectivity index (χ3v) is 6.12. The van der Waals surface area contributed by atoms with Crippen LogP contribution in [0.3, 0.4) is 0 Å². The normalized spacial score (nSPS) is 36.5. The second-order valence-electron chi connectivity index (χ2n) is 5.40. The zero-order valence-electron chi connectivity index (χ0n) is 10.4. The molecular weight excluding hydrogens is 206 g/mol. The SMILES string of the molecule is CC1CCC(N)C(S(=O)C(C)C(C)C)C1. The van der Waals surface area contributed by atoms with Gasteiger partial charge in [0.15, 0.2) is 0 Å². The molecule has 1 fully saturated rings. The molecule has 5 unspecified atom stereocenters. The van der Waals surface area contributed by atoms with Crippen LogP contribution in [0.2, 0.25) is 0 Å². The summed E-state index contributed by atoms with van der Waals surface area (Å²) in [6.45, 7) is 8.61. The first-order valence-electron chi connectivity index (χ1n) is 6.08. The Balaban J connectivity index is 2.64. The number of rotatable bonds is 3. The van der Waals surface area contributed by atoms with Gasteiger partial charge in [0, 0.05) is 22.1 Å². The van der Waals surface area contributed by atoms with Crippen molar-refractivity contribution in [2.75, 3.05) is 0 Å². The zero-order chi connectivity index (χ0) is 11.6. The van der Waals surface area contributed by atoms with Crippen LogP contribution in [0.25, 0.3) is 0 Å². The molecule has 0 heterocycles. The molecule has 0 amide bonds.